The summed E-state index contributed by atoms with van der Waals surface area (Å²) in [5, 5.41) is 0. The van der Waals surface area contributed by atoms with Crippen molar-refractivity contribution in [2.75, 3.05) is 18.6 Å². The van der Waals surface area contributed by atoms with Gasteiger partial charge in [0.1, 0.15) is 5.75 Å². The molecule has 1 atom stereocenters. The van der Waals surface area contributed by atoms with Crippen LogP contribution in [0.4, 0.5) is 11.4 Å². The lowest BCUT2D eigenvalue weighted by atomic mass is 9.79. The molecule has 1 aliphatic rings. The standard InChI is InChI=1S/C25H34N2O/c1-7-13-27-23-15-24(28-6)20(14-22(23)18(3)16-25(27,4)5)17-26-21-11-9-19(8-2)10-12-21/h9-12,14-15,17-18H,7-8,13,16H2,1-6H3. The van der Waals surface area contributed by atoms with Gasteiger partial charge in [-0.1, -0.05) is 32.9 Å². The second kappa shape index (κ2) is 8.38. The molecule has 1 aliphatic heterocycles. The van der Waals surface area contributed by atoms with E-state index in [1.165, 1.54) is 16.8 Å². The van der Waals surface area contributed by atoms with Crippen LogP contribution in [0.15, 0.2) is 41.4 Å². The van der Waals surface area contributed by atoms with Gasteiger partial charge >= 0.3 is 0 Å². The largest absolute Gasteiger partial charge is 0.496 e. The fraction of sp³-hybridized carbons (Fsp3) is 0.480. The predicted molar refractivity (Wildman–Crippen MR) is 121 cm³/mol. The van der Waals surface area contributed by atoms with E-state index in [-0.39, 0.29) is 5.54 Å². The van der Waals surface area contributed by atoms with E-state index in [1.54, 1.807) is 7.11 Å². The fourth-order valence-electron chi connectivity index (χ4n) is 4.41. The second-order valence-electron chi connectivity index (χ2n) is 8.50. The van der Waals surface area contributed by atoms with Gasteiger partial charge in [-0.25, -0.2) is 0 Å². The molecule has 3 rings (SSSR count). The van der Waals surface area contributed by atoms with Crippen molar-refractivity contribution in [1.82, 2.24) is 0 Å². The topological polar surface area (TPSA) is 24.8 Å². The Morgan fingerprint density at radius 3 is 2.50 bits per heavy atom. The number of methoxy groups -OCH3 is 1. The van der Waals surface area contributed by atoms with Gasteiger partial charge < -0.3 is 9.64 Å². The highest BCUT2D eigenvalue weighted by Gasteiger charge is 2.36. The van der Waals surface area contributed by atoms with Crippen LogP contribution in [0.5, 0.6) is 5.75 Å². The SMILES string of the molecule is CCCN1c2cc(OC)c(C=Nc3ccc(CC)cc3)cc2C(C)CC1(C)C. The molecule has 0 saturated carbocycles. The number of aryl methyl sites for hydroxylation is 1. The molecule has 0 spiro atoms. The fourth-order valence-corrected chi connectivity index (χ4v) is 4.41. The van der Waals surface area contributed by atoms with E-state index in [9.17, 15) is 0 Å². The minimum Gasteiger partial charge on any atom is -0.496 e. The lowest BCUT2D eigenvalue weighted by molar-refractivity contribution is 0.372. The van der Waals surface area contributed by atoms with Crippen LogP contribution in [0, 0.1) is 0 Å². The Labute approximate surface area is 170 Å². The van der Waals surface area contributed by atoms with Crippen molar-refractivity contribution in [3.8, 4) is 5.75 Å². The van der Waals surface area contributed by atoms with Gasteiger partial charge in [-0.3, -0.25) is 4.99 Å². The Morgan fingerprint density at radius 1 is 1.18 bits per heavy atom. The van der Waals surface area contributed by atoms with Crippen LogP contribution in [-0.4, -0.2) is 25.4 Å². The molecule has 2 aromatic rings. The van der Waals surface area contributed by atoms with Crippen molar-refractivity contribution in [3.63, 3.8) is 0 Å². The van der Waals surface area contributed by atoms with E-state index in [0.717, 1.165) is 42.8 Å². The van der Waals surface area contributed by atoms with E-state index in [2.05, 4.69) is 75.9 Å². The molecule has 150 valence electrons. The lowest BCUT2D eigenvalue weighted by Crippen LogP contribution is -2.48. The summed E-state index contributed by atoms with van der Waals surface area (Å²) < 4.78 is 5.75. The molecule has 0 N–H and O–H groups in total. The number of fused-ring (bicyclic) bond motifs is 1. The van der Waals surface area contributed by atoms with Crippen molar-refractivity contribution in [2.24, 2.45) is 4.99 Å². The van der Waals surface area contributed by atoms with Crippen LogP contribution >= 0.6 is 0 Å². The van der Waals surface area contributed by atoms with E-state index in [0.29, 0.717) is 5.92 Å². The van der Waals surface area contributed by atoms with Gasteiger partial charge in [-0.05, 0) is 68.4 Å². The van der Waals surface area contributed by atoms with Crippen LogP contribution in [0.2, 0.25) is 0 Å². The second-order valence-corrected chi connectivity index (χ2v) is 8.50. The highest BCUT2D eigenvalue weighted by atomic mass is 16.5. The zero-order chi connectivity index (χ0) is 20.3. The molecule has 0 aromatic heterocycles. The van der Waals surface area contributed by atoms with E-state index >= 15 is 0 Å². The molecule has 0 aliphatic carbocycles. The van der Waals surface area contributed by atoms with Gasteiger partial charge in [0.2, 0.25) is 0 Å². The van der Waals surface area contributed by atoms with Gasteiger partial charge in [0.05, 0.1) is 12.8 Å². The van der Waals surface area contributed by atoms with Gasteiger partial charge in [-0.2, -0.15) is 0 Å². The maximum Gasteiger partial charge on any atom is 0.129 e. The summed E-state index contributed by atoms with van der Waals surface area (Å²) in [6.07, 6.45) is 5.28. The molecule has 1 heterocycles. The molecule has 0 amide bonds. The molecule has 1 unspecified atom stereocenters. The predicted octanol–water partition coefficient (Wildman–Crippen LogP) is 6.51. The van der Waals surface area contributed by atoms with E-state index < -0.39 is 0 Å². The summed E-state index contributed by atoms with van der Waals surface area (Å²) in [5.74, 6) is 1.40. The monoisotopic (exact) mass is 378 g/mol. The summed E-state index contributed by atoms with van der Waals surface area (Å²) in [6.45, 7) is 12.5. The third-order valence-electron chi connectivity index (χ3n) is 5.88. The van der Waals surface area contributed by atoms with E-state index in [1.807, 2.05) is 6.21 Å². The Balaban J connectivity index is 1.99. The smallest absolute Gasteiger partial charge is 0.129 e. The first-order valence-corrected chi connectivity index (χ1v) is 10.5. The number of aliphatic imine (C=N–C) groups is 1. The first-order chi connectivity index (χ1) is 13.4. The summed E-state index contributed by atoms with van der Waals surface area (Å²) in [4.78, 5) is 7.25. The van der Waals surface area contributed by atoms with Crippen molar-refractivity contribution in [2.45, 2.75) is 65.3 Å². The third kappa shape index (κ3) is 4.09. The summed E-state index contributed by atoms with van der Waals surface area (Å²) >= 11 is 0. The van der Waals surface area contributed by atoms with Gasteiger partial charge in [0.25, 0.3) is 0 Å². The molecule has 3 heteroatoms. The average Bonchev–Trinajstić information content (AvgIpc) is 2.69. The molecule has 0 radical (unpaired) electrons. The summed E-state index contributed by atoms with van der Waals surface area (Å²) in [6, 6.07) is 12.9. The zero-order valence-electron chi connectivity index (χ0n) is 18.2. The van der Waals surface area contributed by atoms with Crippen LogP contribution in [0.25, 0.3) is 0 Å². The number of nitrogens with zero attached hydrogens (tertiary/aromatic N) is 2. The number of hydrogen-bond acceptors (Lipinski definition) is 3. The van der Waals surface area contributed by atoms with Gasteiger partial charge in [0.15, 0.2) is 0 Å². The van der Waals surface area contributed by atoms with E-state index in [4.69, 9.17) is 9.73 Å². The Hall–Kier alpha value is -2.29. The van der Waals surface area contributed by atoms with Crippen LogP contribution < -0.4 is 9.64 Å². The molecular formula is C25H34N2O. The highest BCUT2D eigenvalue weighted by Crippen LogP contribution is 2.45. The number of ether oxygens (including phenoxy) is 1. The number of benzene rings is 2. The van der Waals surface area contributed by atoms with Crippen LogP contribution in [0.1, 0.15) is 70.1 Å². The summed E-state index contributed by atoms with van der Waals surface area (Å²) in [7, 11) is 1.75. The lowest BCUT2D eigenvalue weighted by Gasteiger charge is -2.47. The molecule has 2 aromatic carbocycles. The quantitative estimate of drug-likeness (QED) is 0.535. The Morgan fingerprint density at radius 2 is 1.89 bits per heavy atom. The maximum absolute atomic E-state index is 5.75. The minimum absolute atomic E-state index is 0.157. The van der Waals surface area contributed by atoms with Crippen LogP contribution in [0.3, 0.4) is 0 Å². The number of anilines is 1. The first kappa shape index (κ1) is 20.4. The number of hydrogen-bond donors (Lipinski definition) is 0. The molecule has 0 saturated heterocycles. The molecule has 3 nitrogen and oxygen atoms in total. The zero-order valence-corrected chi connectivity index (χ0v) is 18.2. The van der Waals surface area contributed by atoms with Crippen molar-refractivity contribution in [3.05, 3.63) is 53.1 Å². The Bertz CT molecular complexity index is 836. The van der Waals surface area contributed by atoms with Crippen molar-refractivity contribution in [1.29, 1.82) is 0 Å². The molecule has 0 fully saturated rings. The first-order valence-electron chi connectivity index (χ1n) is 10.5. The average molecular weight is 379 g/mol. The number of rotatable bonds is 6. The third-order valence-corrected chi connectivity index (χ3v) is 5.88. The van der Waals surface area contributed by atoms with Gasteiger partial charge in [0, 0.05) is 35.6 Å². The normalized spacial score (nSPS) is 18.4. The molecule has 0 bridgehead atoms. The molecular weight excluding hydrogens is 344 g/mol. The Kier molecular flexibility index (Phi) is 6.12. The summed E-state index contributed by atoms with van der Waals surface area (Å²) in [5.41, 5.74) is 6.22. The van der Waals surface area contributed by atoms with Crippen molar-refractivity contribution < 1.29 is 4.74 Å². The maximum atomic E-state index is 5.75. The van der Waals surface area contributed by atoms with Gasteiger partial charge in [-0.15, -0.1) is 0 Å². The molecule has 28 heavy (non-hydrogen) atoms. The minimum atomic E-state index is 0.157. The highest BCUT2D eigenvalue weighted by molar-refractivity contribution is 5.87. The van der Waals surface area contributed by atoms with Crippen LogP contribution in [-0.2, 0) is 6.42 Å². The van der Waals surface area contributed by atoms with Crippen molar-refractivity contribution >= 4 is 17.6 Å².